The Morgan fingerprint density at radius 3 is 2.65 bits per heavy atom. The van der Waals surface area contributed by atoms with Crippen LogP contribution in [0.2, 0.25) is 0 Å². The van der Waals surface area contributed by atoms with E-state index in [1.165, 1.54) is 11.3 Å². The Morgan fingerprint density at radius 1 is 1.13 bits per heavy atom. The molecule has 116 valence electrons. The van der Waals surface area contributed by atoms with E-state index in [0.29, 0.717) is 12.2 Å². The number of rotatable bonds is 5. The summed E-state index contributed by atoms with van der Waals surface area (Å²) in [6.45, 7) is 0.619. The van der Waals surface area contributed by atoms with Gasteiger partial charge < -0.3 is 4.90 Å². The van der Waals surface area contributed by atoms with Crippen LogP contribution in [0.1, 0.15) is 16.2 Å². The van der Waals surface area contributed by atoms with Gasteiger partial charge in [0.2, 0.25) is 0 Å². The van der Waals surface area contributed by atoms with E-state index in [0.717, 1.165) is 22.7 Å². The minimum atomic E-state index is -0.0561. The van der Waals surface area contributed by atoms with Crippen molar-refractivity contribution in [3.63, 3.8) is 0 Å². The first-order chi connectivity index (χ1) is 11.2. The smallest absolute Gasteiger partial charge is 0.273 e. The Labute approximate surface area is 139 Å². The summed E-state index contributed by atoms with van der Waals surface area (Å²) in [6.07, 6.45) is 2.50. The molecule has 0 aliphatic carbocycles. The molecule has 3 aromatic rings. The van der Waals surface area contributed by atoms with E-state index in [1.54, 1.807) is 18.1 Å². The fourth-order valence-corrected chi connectivity index (χ4v) is 3.01. The number of amides is 1. The van der Waals surface area contributed by atoms with Crippen LogP contribution in [-0.2, 0) is 6.42 Å². The molecule has 0 N–H and O–H groups in total. The minimum absolute atomic E-state index is 0.0561. The minimum Gasteiger partial charge on any atom is -0.340 e. The van der Waals surface area contributed by atoms with Gasteiger partial charge in [-0.3, -0.25) is 9.78 Å². The largest absolute Gasteiger partial charge is 0.340 e. The molecule has 0 bridgehead atoms. The maximum atomic E-state index is 12.5. The van der Waals surface area contributed by atoms with Crippen LogP contribution in [0, 0.1) is 0 Å². The van der Waals surface area contributed by atoms with Crippen molar-refractivity contribution in [2.75, 3.05) is 13.6 Å². The Kier molecular flexibility index (Phi) is 4.78. The van der Waals surface area contributed by atoms with Crippen LogP contribution in [0.15, 0.2) is 60.1 Å². The van der Waals surface area contributed by atoms with Gasteiger partial charge in [-0.05, 0) is 12.1 Å². The van der Waals surface area contributed by atoms with E-state index < -0.39 is 0 Å². The van der Waals surface area contributed by atoms with E-state index in [-0.39, 0.29) is 5.91 Å². The van der Waals surface area contributed by atoms with E-state index in [9.17, 15) is 4.79 Å². The summed E-state index contributed by atoms with van der Waals surface area (Å²) < 4.78 is 0. The molecule has 0 fully saturated rings. The number of carbonyl (C=O) groups excluding carboxylic acids is 1. The van der Waals surface area contributed by atoms with Gasteiger partial charge in [-0.2, -0.15) is 0 Å². The molecule has 0 radical (unpaired) electrons. The Balaban J connectivity index is 1.65. The number of pyridine rings is 1. The van der Waals surface area contributed by atoms with Gasteiger partial charge in [-0.25, -0.2) is 4.98 Å². The number of carbonyl (C=O) groups is 1. The summed E-state index contributed by atoms with van der Waals surface area (Å²) in [5.74, 6) is -0.0561. The first kappa shape index (κ1) is 15.4. The van der Waals surface area contributed by atoms with E-state index in [4.69, 9.17) is 0 Å². The highest BCUT2D eigenvalue weighted by Crippen LogP contribution is 2.23. The second-order valence-electron chi connectivity index (χ2n) is 5.20. The number of hydrogen-bond donors (Lipinski definition) is 0. The molecule has 0 saturated heterocycles. The maximum absolute atomic E-state index is 12.5. The summed E-state index contributed by atoms with van der Waals surface area (Å²) in [7, 11) is 1.80. The number of hydrogen-bond acceptors (Lipinski definition) is 4. The molecule has 1 aromatic carbocycles. The predicted molar refractivity (Wildman–Crippen MR) is 92.5 cm³/mol. The molecule has 1 amide bonds. The number of thiazole rings is 1. The van der Waals surface area contributed by atoms with Crippen LogP contribution in [0.4, 0.5) is 0 Å². The van der Waals surface area contributed by atoms with Crippen LogP contribution in [0.25, 0.3) is 10.6 Å². The Hall–Kier alpha value is -2.53. The molecule has 2 aromatic heterocycles. The van der Waals surface area contributed by atoms with Crippen molar-refractivity contribution >= 4 is 17.2 Å². The predicted octanol–water partition coefficient (Wildman–Crippen LogP) is 3.52. The third-order valence-electron chi connectivity index (χ3n) is 3.52. The van der Waals surface area contributed by atoms with Crippen LogP contribution in [-0.4, -0.2) is 34.4 Å². The molecule has 5 heteroatoms. The number of aromatic nitrogens is 2. The molecule has 3 rings (SSSR count). The van der Waals surface area contributed by atoms with Gasteiger partial charge in [0.25, 0.3) is 5.91 Å². The van der Waals surface area contributed by atoms with Gasteiger partial charge in [-0.15, -0.1) is 11.3 Å². The van der Waals surface area contributed by atoms with Crippen molar-refractivity contribution in [3.8, 4) is 10.6 Å². The van der Waals surface area contributed by atoms with Crippen molar-refractivity contribution in [2.24, 2.45) is 0 Å². The first-order valence-corrected chi connectivity index (χ1v) is 8.28. The third kappa shape index (κ3) is 3.81. The van der Waals surface area contributed by atoms with Crippen molar-refractivity contribution < 1.29 is 4.79 Å². The van der Waals surface area contributed by atoms with E-state index in [1.807, 2.05) is 53.9 Å². The molecule has 0 unspecified atom stereocenters. The molecule has 0 aliphatic rings. The lowest BCUT2D eigenvalue weighted by atomic mass is 10.2. The Bertz CT molecular complexity index is 771. The summed E-state index contributed by atoms with van der Waals surface area (Å²) in [5.41, 5.74) is 2.51. The number of likely N-dealkylation sites (N-methyl/N-ethyl adjacent to an activating group) is 1. The molecular formula is C18H17N3OS. The van der Waals surface area contributed by atoms with Gasteiger partial charge in [0, 0.05) is 42.8 Å². The molecule has 0 aliphatic heterocycles. The second kappa shape index (κ2) is 7.15. The molecule has 0 saturated carbocycles. The molecule has 2 heterocycles. The SMILES string of the molecule is CN(CCc1ccccn1)C(=O)c1csc(-c2ccccc2)n1. The van der Waals surface area contributed by atoms with Gasteiger partial charge in [0.15, 0.2) is 0 Å². The highest BCUT2D eigenvalue weighted by atomic mass is 32.1. The number of nitrogens with zero attached hydrogens (tertiary/aromatic N) is 3. The average molecular weight is 323 g/mol. The fraction of sp³-hybridized carbons (Fsp3) is 0.167. The summed E-state index contributed by atoms with van der Waals surface area (Å²) in [6, 6.07) is 15.7. The summed E-state index contributed by atoms with van der Waals surface area (Å²) in [5, 5.41) is 2.69. The molecule has 0 spiro atoms. The lowest BCUT2D eigenvalue weighted by Gasteiger charge is -2.15. The quantitative estimate of drug-likeness (QED) is 0.722. The van der Waals surface area contributed by atoms with Crippen LogP contribution in [0.3, 0.4) is 0 Å². The zero-order chi connectivity index (χ0) is 16.1. The monoisotopic (exact) mass is 323 g/mol. The maximum Gasteiger partial charge on any atom is 0.273 e. The van der Waals surface area contributed by atoms with E-state index in [2.05, 4.69) is 9.97 Å². The van der Waals surface area contributed by atoms with Crippen LogP contribution >= 0.6 is 11.3 Å². The van der Waals surface area contributed by atoms with Crippen LogP contribution < -0.4 is 0 Å². The van der Waals surface area contributed by atoms with Crippen molar-refractivity contribution in [1.82, 2.24) is 14.9 Å². The van der Waals surface area contributed by atoms with Crippen molar-refractivity contribution in [1.29, 1.82) is 0 Å². The van der Waals surface area contributed by atoms with Crippen LogP contribution in [0.5, 0.6) is 0 Å². The first-order valence-electron chi connectivity index (χ1n) is 7.40. The van der Waals surface area contributed by atoms with E-state index >= 15 is 0 Å². The second-order valence-corrected chi connectivity index (χ2v) is 6.06. The molecular weight excluding hydrogens is 306 g/mol. The van der Waals surface area contributed by atoms with Gasteiger partial charge in [0.1, 0.15) is 10.7 Å². The highest BCUT2D eigenvalue weighted by Gasteiger charge is 2.16. The standard InChI is InChI=1S/C18H17N3OS/c1-21(12-10-15-9-5-6-11-19-15)18(22)16-13-23-17(20-16)14-7-3-2-4-8-14/h2-9,11,13H,10,12H2,1H3. The van der Waals surface area contributed by atoms with Gasteiger partial charge in [0.05, 0.1) is 0 Å². The van der Waals surface area contributed by atoms with Crippen molar-refractivity contribution in [3.05, 3.63) is 71.5 Å². The Morgan fingerprint density at radius 2 is 1.91 bits per heavy atom. The lowest BCUT2D eigenvalue weighted by Crippen LogP contribution is -2.29. The normalized spacial score (nSPS) is 10.5. The van der Waals surface area contributed by atoms with Gasteiger partial charge >= 0.3 is 0 Å². The zero-order valence-electron chi connectivity index (χ0n) is 12.8. The highest BCUT2D eigenvalue weighted by molar-refractivity contribution is 7.13. The fourth-order valence-electron chi connectivity index (χ4n) is 2.21. The lowest BCUT2D eigenvalue weighted by molar-refractivity contribution is 0.0791. The molecule has 0 atom stereocenters. The third-order valence-corrected chi connectivity index (χ3v) is 4.41. The average Bonchev–Trinajstić information content (AvgIpc) is 3.11. The summed E-state index contributed by atoms with van der Waals surface area (Å²) in [4.78, 5) is 22.9. The molecule has 23 heavy (non-hydrogen) atoms. The topological polar surface area (TPSA) is 46.1 Å². The summed E-state index contributed by atoms with van der Waals surface area (Å²) >= 11 is 1.49. The zero-order valence-corrected chi connectivity index (χ0v) is 13.7. The molecule has 4 nitrogen and oxygen atoms in total. The van der Waals surface area contributed by atoms with Crippen molar-refractivity contribution in [2.45, 2.75) is 6.42 Å². The number of benzene rings is 1. The van der Waals surface area contributed by atoms with Gasteiger partial charge in [-0.1, -0.05) is 36.4 Å².